The number of rotatable bonds is 3. The number of nitrogens with zero attached hydrogens (tertiary/aromatic N) is 3. The molecule has 0 aliphatic carbocycles. The predicted octanol–water partition coefficient (Wildman–Crippen LogP) is 1.18. The minimum Gasteiger partial charge on any atom is -0.465 e. The van der Waals surface area contributed by atoms with Gasteiger partial charge in [0.05, 0.1) is 5.56 Å². The van der Waals surface area contributed by atoms with Gasteiger partial charge in [-0.3, -0.25) is 0 Å². The molecule has 2 N–H and O–H groups in total. The van der Waals surface area contributed by atoms with Crippen LogP contribution in [-0.2, 0) is 6.54 Å². The molecule has 6 heteroatoms. The SMILES string of the molecule is N#Cc1cnc2c(ccn2CCNC(=O)O)c1. The van der Waals surface area contributed by atoms with Gasteiger partial charge in [-0.05, 0) is 12.1 Å². The lowest BCUT2D eigenvalue weighted by atomic mass is 10.2. The molecule has 1 amide bonds. The predicted molar refractivity (Wildman–Crippen MR) is 60.5 cm³/mol. The third-order valence-corrected chi connectivity index (χ3v) is 2.36. The Morgan fingerprint density at radius 1 is 1.65 bits per heavy atom. The largest absolute Gasteiger partial charge is 0.465 e. The Morgan fingerprint density at radius 3 is 3.18 bits per heavy atom. The number of nitriles is 1. The Kier molecular flexibility index (Phi) is 2.92. The number of fused-ring (bicyclic) bond motifs is 1. The van der Waals surface area contributed by atoms with Crippen LogP contribution in [0.5, 0.6) is 0 Å². The fraction of sp³-hybridized carbons (Fsp3) is 0.182. The zero-order chi connectivity index (χ0) is 12.3. The van der Waals surface area contributed by atoms with Gasteiger partial charge in [0, 0.05) is 30.9 Å². The van der Waals surface area contributed by atoms with Crippen molar-refractivity contribution >= 4 is 17.1 Å². The normalized spacial score (nSPS) is 10.1. The molecule has 86 valence electrons. The van der Waals surface area contributed by atoms with E-state index in [-0.39, 0.29) is 0 Å². The maximum Gasteiger partial charge on any atom is 0.404 e. The minimum absolute atomic E-state index is 0.320. The van der Waals surface area contributed by atoms with E-state index in [1.807, 2.05) is 22.9 Å². The van der Waals surface area contributed by atoms with E-state index in [1.165, 1.54) is 6.20 Å². The van der Waals surface area contributed by atoms with Crippen LogP contribution in [0.15, 0.2) is 24.5 Å². The van der Waals surface area contributed by atoms with E-state index in [9.17, 15) is 4.79 Å². The summed E-state index contributed by atoms with van der Waals surface area (Å²) in [4.78, 5) is 14.5. The molecule has 0 aliphatic rings. The van der Waals surface area contributed by atoms with E-state index < -0.39 is 6.09 Å². The van der Waals surface area contributed by atoms with Gasteiger partial charge in [0.1, 0.15) is 11.7 Å². The maximum absolute atomic E-state index is 10.3. The van der Waals surface area contributed by atoms with Crippen LogP contribution < -0.4 is 5.32 Å². The van der Waals surface area contributed by atoms with Gasteiger partial charge in [0.15, 0.2) is 0 Å². The topological polar surface area (TPSA) is 90.9 Å². The van der Waals surface area contributed by atoms with Gasteiger partial charge in [-0.2, -0.15) is 5.26 Å². The smallest absolute Gasteiger partial charge is 0.404 e. The zero-order valence-electron chi connectivity index (χ0n) is 8.92. The van der Waals surface area contributed by atoms with Crippen LogP contribution in [0.2, 0.25) is 0 Å². The van der Waals surface area contributed by atoms with Crippen molar-refractivity contribution in [3.8, 4) is 6.07 Å². The number of aromatic nitrogens is 2. The second-order valence-corrected chi connectivity index (χ2v) is 3.49. The Morgan fingerprint density at radius 2 is 2.47 bits per heavy atom. The lowest BCUT2D eigenvalue weighted by molar-refractivity contribution is 0.194. The van der Waals surface area contributed by atoms with Crippen molar-refractivity contribution in [1.29, 1.82) is 5.26 Å². The van der Waals surface area contributed by atoms with Crippen LogP contribution in [0.1, 0.15) is 5.56 Å². The molecular formula is C11H10N4O2. The van der Waals surface area contributed by atoms with Gasteiger partial charge in [-0.15, -0.1) is 0 Å². The van der Waals surface area contributed by atoms with Gasteiger partial charge in [0.25, 0.3) is 0 Å². The fourth-order valence-electron chi connectivity index (χ4n) is 1.60. The van der Waals surface area contributed by atoms with Crippen molar-refractivity contribution in [2.24, 2.45) is 0 Å². The van der Waals surface area contributed by atoms with Crippen LogP contribution >= 0.6 is 0 Å². The standard InChI is InChI=1S/C11H10N4O2/c12-6-8-5-9-1-3-15(10(9)14-7-8)4-2-13-11(16)17/h1,3,5,7,13H,2,4H2,(H,16,17). The molecule has 0 aliphatic heterocycles. The Bertz CT molecular complexity index is 597. The van der Waals surface area contributed by atoms with E-state index in [1.54, 1.807) is 6.07 Å². The van der Waals surface area contributed by atoms with Gasteiger partial charge >= 0.3 is 6.09 Å². The molecule has 0 atom stereocenters. The number of pyridine rings is 1. The van der Waals surface area contributed by atoms with Crippen molar-refractivity contribution in [2.75, 3.05) is 6.54 Å². The summed E-state index contributed by atoms with van der Waals surface area (Å²) in [6.45, 7) is 0.829. The van der Waals surface area contributed by atoms with E-state index in [2.05, 4.69) is 10.3 Å². The number of amides is 1. The highest BCUT2D eigenvalue weighted by molar-refractivity contribution is 5.77. The average molecular weight is 230 g/mol. The molecule has 0 radical (unpaired) electrons. The summed E-state index contributed by atoms with van der Waals surface area (Å²) in [6, 6.07) is 5.63. The van der Waals surface area contributed by atoms with Crippen molar-refractivity contribution in [3.05, 3.63) is 30.1 Å². The molecule has 0 saturated carbocycles. The first-order valence-electron chi connectivity index (χ1n) is 5.02. The number of hydrogen-bond acceptors (Lipinski definition) is 3. The molecule has 2 aromatic rings. The zero-order valence-corrected chi connectivity index (χ0v) is 8.92. The Hall–Kier alpha value is -2.55. The number of carbonyl (C=O) groups is 1. The van der Waals surface area contributed by atoms with Crippen LogP contribution in [0.3, 0.4) is 0 Å². The van der Waals surface area contributed by atoms with E-state index >= 15 is 0 Å². The molecule has 6 nitrogen and oxygen atoms in total. The van der Waals surface area contributed by atoms with E-state index in [0.29, 0.717) is 18.7 Å². The minimum atomic E-state index is -1.04. The molecule has 2 aromatic heterocycles. The van der Waals surface area contributed by atoms with E-state index in [4.69, 9.17) is 10.4 Å². The highest BCUT2D eigenvalue weighted by atomic mass is 16.4. The van der Waals surface area contributed by atoms with Gasteiger partial charge < -0.3 is 15.0 Å². The molecule has 0 aromatic carbocycles. The van der Waals surface area contributed by atoms with Crippen LogP contribution in [-0.4, -0.2) is 27.3 Å². The highest BCUT2D eigenvalue weighted by Crippen LogP contribution is 2.14. The summed E-state index contributed by atoms with van der Waals surface area (Å²) in [6.07, 6.45) is 2.28. The molecule has 0 saturated heterocycles. The lowest BCUT2D eigenvalue weighted by Gasteiger charge is -2.04. The molecule has 0 unspecified atom stereocenters. The van der Waals surface area contributed by atoms with Gasteiger partial charge in [-0.25, -0.2) is 9.78 Å². The monoisotopic (exact) mass is 230 g/mol. The third kappa shape index (κ3) is 2.34. The van der Waals surface area contributed by atoms with Gasteiger partial charge in [0.2, 0.25) is 0 Å². The number of hydrogen-bond donors (Lipinski definition) is 2. The van der Waals surface area contributed by atoms with Crippen LogP contribution in [0.4, 0.5) is 4.79 Å². The van der Waals surface area contributed by atoms with Crippen LogP contribution in [0.25, 0.3) is 11.0 Å². The number of nitrogens with one attached hydrogen (secondary N) is 1. The van der Waals surface area contributed by atoms with Crippen molar-refractivity contribution in [2.45, 2.75) is 6.54 Å². The fourth-order valence-corrected chi connectivity index (χ4v) is 1.60. The number of carboxylic acid groups (broad SMARTS) is 1. The Labute approximate surface area is 97.1 Å². The van der Waals surface area contributed by atoms with Gasteiger partial charge in [-0.1, -0.05) is 0 Å². The first kappa shape index (κ1) is 11.0. The maximum atomic E-state index is 10.3. The van der Waals surface area contributed by atoms with E-state index in [0.717, 1.165) is 11.0 Å². The summed E-state index contributed by atoms with van der Waals surface area (Å²) in [5.41, 5.74) is 1.26. The summed E-state index contributed by atoms with van der Waals surface area (Å²) in [7, 11) is 0. The van der Waals surface area contributed by atoms with Crippen molar-refractivity contribution in [3.63, 3.8) is 0 Å². The second kappa shape index (κ2) is 4.53. The molecule has 2 rings (SSSR count). The first-order chi connectivity index (χ1) is 8.20. The first-order valence-corrected chi connectivity index (χ1v) is 5.02. The second-order valence-electron chi connectivity index (χ2n) is 3.49. The molecule has 0 spiro atoms. The molecular weight excluding hydrogens is 220 g/mol. The average Bonchev–Trinajstić information content (AvgIpc) is 2.71. The summed E-state index contributed by atoms with van der Waals surface area (Å²) >= 11 is 0. The lowest BCUT2D eigenvalue weighted by Crippen LogP contribution is -2.25. The molecule has 0 bridgehead atoms. The molecule has 0 fully saturated rings. The summed E-state index contributed by atoms with van der Waals surface area (Å²) in [5.74, 6) is 0. The Balaban J connectivity index is 2.19. The summed E-state index contributed by atoms with van der Waals surface area (Å²) in [5, 5.41) is 20.3. The summed E-state index contributed by atoms with van der Waals surface area (Å²) < 4.78 is 1.84. The van der Waals surface area contributed by atoms with Crippen LogP contribution in [0, 0.1) is 11.3 Å². The van der Waals surface area contributed by atoms with Crippen molar-refractivity contribution in [1.82, 2.24) is 14.9 Å². The quantitative estimate of drug-likeness (QED) is 0.828. The third-order valence-electron chi connectivity index (χ3n) is 2.36. The van der Waals surface area contributed by atoms with Crippen molar-refractivity contribution < 1.29 is 9.90 Å². The highest BCUT2D eigenvalue weighted by Gasteiger charge is 2.03. The molecule has 17 heavy (non-hydrogen) atoms. The molecule has 2 heterocycles.